The predicted molar refractivity (Wildman–Crippen MR) is 325 cm³/mol. The topological polar surface area (TPSA) is 38.7 Å². The summed E-state index contributed by atoms with van der Waals surface area (Å²) in [5.41, 5.74) is 24.6. The van der Waals surface area contributed by atoms with Crippen LogP contribution in [-0.4, -0.2) is 15.0 Å². The van der Waals surface area contributed by atoms with Gasteiger partial charge in [0.15, 0.2) is 0 Å². The van der Waals surface area contributed by atoms with Crippen LogP contribution >= 0.6 is 0 Å². The van der Waals surface area contributed by atoms with Gasteiger partial charge >= 0.3 is 0 Å². The molecule has 0 bridgehead atoms. The Balaban J connectivity index is 1.05. The van der Waals surface area contributed by atoms with E-state index in [4.69, 9.17) is 15.0 Å². The minimum Gasteiger partial charge on any atom is -0.248 e. The second kappa shape index (κ2) is 21.5. The van der Waals surface area contributed by atoms with Gasteiger partial charge in [-0.15, -0.1) is 0 Å². The fraction of sp³-hybridized carbons (Fsp3) is 0. The minimum atomic E-state index is 0.838. The quantitative estimate of drug-likeness (QED) is 0.122. The molecule has 0 atom stereocenters. The molecule has 0 aliphatic carbocycles. The molecule has 3 heterocycles. The van der Waals surface area contributed by atoms with E-state index in [-0.39, 0.29) is 0 Å². The first-order valence-corrected chi connectivity index (χ1v) is 26.5. The van der Waals surface area contributed by atoms with Gasteiger partial charge in [-0.25, -0.2) is 15.0 Å². The smallest absolute Gasteiger partial charge is 0.0716 e. The third kappa shape index (κ3) is 10.2. The molecule has 0 spiro atoms. The van der Waals surface area contributed by atoms with Crippen LogP contribution in [0.15, 0.2) is 309 Å². The van der Waals surface area contributed by atoms with Crippen LogP contribution < -0.4 is 0 Å². The monoisotopic (exact) mass is 993 g/mol. The zero-order valence-electron chi connectivity index (χ0n) is 42.8. The number of hydrogen-bond acceptors (Lipinski definition) is 3. The first-order chi connectivity index (χ1) is 38.6. The normalized spacial score (nSPS) is 11.1. The summed E-state index contributed by atoms with van der Waals surface area (Å²) in [6, 6.07) is 110. The van der Waals surface area contributed by atoms with E-state index in [1.54, 1.807) is 0 Å². The van der Waals surface area contributed by atoms with E-state index in [9.17, 15) is 0 Å². The maximum absolute atomic E-state index is 5.55. The van der Waals surface area contributed by atoms with E-state index in [1.165, 1.54) is 16.7 Å². The van der Waals surface area contributed by atoms with Crippen molar-refractivity contribution < 1.29 is 0 Å². The molecule has 13 aromatic rings. The Kier molecular flexibility index (Phi) is 13.0. The Morgan fingerprint density at radius 1 is 0.115 bits per heavy atom. The van der Waals surface area contributed by atoms with Crippen molar-refractivity contribution in [3.63, 3.8) is 0 Å². The van der Waals surface area contributed by atoms with Crippen LogP contribution in [0.4, 0.5) is 0 Å². The van der Waals surface area contributed by atoms with Crippen molar-refractivity contribution in [1.82, 2.24) is 15.0 Å². The maximum Gasteiger partial charge on any atom is 0.0716 e. The fourth-order valence-corrected chi connectivity index (χ4v) is 10.4. The molecule has 10 aromatic carbocycles. The second-order valence-corrected chi connectivity index (χ2v) is 19.6. The first-order valence-electron chi connectivity index (χ1n) is 26.5. The van der Waals surface area contributed by atoms with Crippen molar-refractivity contribution in [2.24, 2.45) is 0 Å². The Bertz CT molecular complexity index is 3770. The van der Waals surface area contributed by atoms with Crippen molar-refractivity contribution in [1.29, 1.82) is 0 Å². The van der Waals surface area contributed by atoms with E-state index in [0.717, 1.165) is 118 Å². The number of pyridine rings is 3. The molecule has 3 heteroatoms. The Morgan fingerprint density at radius 3 is 0.513 bits per heavy atom. The number of rotatable bonds is 12. The average Bonchev–Trinajstić information content (AvgIpc) is 3.58. The Morgan fingerprint density at radius 2 is 0.282 bits per heavy atom. The molecule has 0 amide bonds. The van der Waals surface area contributed by atoms with E-state index >= 15 is 0 Å². The highest BCUT2D eigenvalue weighted by molar-refractivity contribution is 5.87. The van der Waals surface area contributed by atoms with Crippen LogP contribution in [0.5, 0.6) is 0 Å². The minimum absolute atomic E-state index is 0.838. The molecule has 3 nitrogen and oxygen atoms in total. The first kappa shape index (κ1) is 47.4. The molecule has 0 N–H and O–H groups in total. The van der Waals surface area contributed by atoms with Crippen molar-refractivity contribution in [2.45, 2.75) is 0 Å². The SMILES string of the molecule is c1ccc(-c2cccc(-c3cc(-c4ccccc4)nc(-c4cc(-c5cc(-c6cccc(-c7ccccc7)c6)cc(-c6ccccc6)n5)cc(-c5cc(-c6cccc(-c7ccccc7)c6)cc(-c6ccccc6)n5)c4)c3)c2)cc1. The lowest BCUT2D eigenvalue weighted by molar-refractivity contribution is 1.29. The lowest BCUT2D eigenvalue weighted by Gasteiger charge is -2.16. The molecule has 0 unspecified atom stereocenters. The highest BCUT2D eigenvalue weighted by Gasteiger charge is 2.18. The highest BCUT2D eigenvalue weighted by Crippen LogP contribution is 2.40. The number of aromatic nitrogens is 3. The van der Waals surface area contributed by atoms with Crippen LogP contribution in [0.25, 0.3) is 134 Å². The molecule has 0 aliphatic heterocycles. The van der Waals surface area contributed by atoms with Crippen molar-refractivity contribution in [3.05, 3.63) is 309 Å². The number of benzene rings is 10. The summed E-state index contributed by atoms with van der Waals surface area (Å²) in [5, 5.41) is 0. The largest absolute Gasteiger partial charge is 0.248 e. The van der Waals surface area contributed by atoms with Gasteiger partial charge in [0.1, 0.15) is 0 Å². The molecular formula is C75H51N3. The maximum atomic E-state index is 5.55. The van der Waals surface area contributed by atoms with E-state index in [0.29, 0.717) is 0 Å². The van der Waals surface area contributed by atoms with Gasteiger partial charge in [0.2, 0.25) is 0 Å². The summed E-state index contributed by atoms with van der Waals surface area (Å²) in [4.78, 5) is 16.6. The molecule has 0 radical (unpaired) electrons. The van der Waals surface area contributed by atoms with Gasteiger partial charge in [0.05, 0.1) is 34.2 Å². The van der Waals surface area contributed by atoms with Crippen LogP contribution in [0.3, 0.4) is 0 Å². The summed E-state index contributed by atoms with van der Waals surface area (Å²) < 4.78 is 0. The van der Waals surface area contributed by atoms with Gasteiger partial charge in [-0.2, -0.15) is 0 Å². The zero-order valence-corrected chi connectivity index (χ0v) is 42.8. The molecule has 0 saturated heterocycles. The van der Waals surface area contributed by atoms with Crippen LogP contribution in [0.2, 0.25) is 0 Å². The molecule has 13 rings (SSSR count). The summed E-state index contributed by atoms with van der Waals surface area (Å²) in [6.45, 7) is 0. The Labute approximate surface area is 456 Å². The molecule has 366 valence electrons. The lowest BCUT2D eigenvalue weighted by Crippen LogP contribution is -1.96. The molecule has 3 aromatic heterocycles. The van der Waals surface area contributed by atoms with E-state index < -0.39 is 0 Å². The molecule has 0 aliphatic rings. The number of nitrogens with zero attached hydrogens (tertiary/aromatic N) is 3. The van der Waals surface area contributed by atoms with Crippen LogP contribution in [0, 0.1) is 0 Å². The van der Waals surface area contributed by atoms with Gasteiger partial charge in [0.25, 0.3) is 0 Å². The molecule has 78 heavy (non-hydrogen) atoms. The summed E-state index contributed by atoms with van der Waals surface area (Å²) in [6.07, 6.45) is 0. The van der Waals surface area contributed by atoms with Gasteiger partial charge < -0.3 is 0 Å². The lowest BCUT2D eigenvalue weighted by atomic mass is 9.92. The van der Waals surface area contributed by atoms with Crippen LogP contribution in [-0.2, 0) is 0 Å². The van der Waals surface area contributed by atoms with Crippen molar-refractivity contribution in [2.75, 3.05) is 0 Å². The Hall–Kier alpha value is -10.4. The van der Waals surface area contributed by atoms with E-state index in [2.05, 4.69) is 309 Å². The highest BCUT2D eigenvalue weighted by atomic mass is 14.7. The van der Waals surface area contributed by atoms with E-state index in [1.807, 2.05) is 0 Å². The third-order valence-electron chi connectivity index (χ3n) is 14.4. The van der Waals surface area contributed by atoms with Gasteiger partial charge in [0, 0.05) is 33.4 Å². The average molecular weight is 994 g/mol. The van der Waals surface area contributed by atoms with Gasteiger partial charge in [-0.3, -0.25) is 0 Å². The zero-order chi connectivity index (χ0) is 52.0. The summed E-state index contributed by atoms with van der Waals surface area (Å²) >= 11 is 0. The summed E-state index contributed by atoms with van der Waals surface area (Å²) in [5.74, 6) is 0. The number of hydrogen-bond donors (Lipinski definition) is 0. The molecular weight excluding hydrogens is 943 g/mol. The predicted octanol–water partition coefficient (Wildman–Crippen LogP) is 19.9. The molecule has 0 saturated carbocycles. The van der Waals surface area contributed by atoms with Crippen LogP contribution in [0.1, 0.15) is 0 Å². The fourth-order valence-electron chi connectivity index (χ4n) is 10.4. The summed E-state index contributed by atoms with van der Waals surface area (Å²) in [7, 11) is 0. The van der Waals surface area contributed by atoms with Crippen molar-refractivity contribution >= 4 is 0 Å². The third-order valence-corrected chi connectivity index (χ3v) is 14.4. The van der Waals surface area contributed by atoms with Gasteiger partial charge in [-0.1, -0.05) is 237 Å². The molecule has 0 fully saturated rings. The standard InChI is InChI=1S/C75H51N3/c1-7-22-52(23-8-1)58-34-19-37-61(40-58)64-46-70(55-28-13-4-14-29-55)76-73(49-64)67-43-68(74-50-65(47-71(77-74)56-30-15-5-16-31-56)62-38-20-35-59(41-62)53-24-9-2-10-25-53)45-69(44-67)75-51-66(48-72(78-75)57-32-17-6-18-33-57)63-39-21-36-60(42-63)54-26-11-3-12-27-54/h1-51H. The van der Waals surface area contributed by atoms with Gasteiger partial charge in [-0.05, 0) is 140 Å². The second-order valence-electron chi connectivity index (χ2n) is 19.6. The van der Waals surface area contributed by atoms with Crippen molar-refractivity contribution in [3.8, 4) is 134 Å².